The van der Waals surface area contributed by atoms with Crippen molar-refractivity contribution in [2.45, 2.75) is 40.2 Å². The number of amides is 2. The Kier molecular flexibility index (Phi) is 5.74. The van der Waals surface area contributed by atoms with Gasteiger partial charge in [-0.25, -0.2) is 0 Å². The highest BCUT2D eigenvalue weighted by atomic mass is 16.2. The zero-order valence-corrected chi connectivity index (χ0v) is 14.6. The van der Waals surface area contributed by atoms with Crippen LogP contribution < -0.4 is 10.6 Å². The van der Waals surface area contributed by atoms with Gasteiger partial charge in [-0.15, -0.1) is 0 Å². The molecular weight excluding hydrogens is 300 g/mol. The van der Waals surface area contributed by atoms with E-state index in [9.17, 15) is 9.59 Å². The van der Waals surface area contributed by atoms with Crippen LogP contribution in [0.2, 0.25) is 0 Å². The first-order valence-corrected chi connectivity index (χ1v) is 8.21. The molecule has 0 unspecified atom stereocenters. The molecule has 126 valence electrons. The summed E-state index contributed by atoms with van der Waals surface area (Å²) in [7, 11) is 0. The van der Waals surface area contributed by atoms with Crippen molar-refractivity contribution in [2.75, 3.05) is 5.32 Å². The Labute approximate surface area is 143 Å². The number of hydrogen-bond acceptors (Lipinski definition) is 2. The van der Waals surface area contributed by atoms with E-state index in [-0.39, 0.29) is 17.9 Å². The van der Waals surface area contributed by atoms with E-state index in [4.69, 9.17) is 0 Å². The molecule has 0 radical (unpaired) electrons. The topological polar surface area (TPSA) is 58.2 Å². The fourth-order valence-corrected chi connectivity index (χ4v) is 2.36. The molecule has 0 aliphatic heterocycles. The molecule has 0 fully saturated rings. The molecule has 1 atom stereocenters. The Bertz CT molecular complexity index is 753. The minimum atomic E-state index is -0.208. The van der Waals surface area contributed by atoms with Crippen molar-refractivity contribution in [1.29, 1.82) is 0 Å². The van der Waals surface area contributed by atoms with E-state index in [2.05, 4.69) is 10.6 Å². The summed E-state index contributed by atoms with van der Waals surface area (Å²) in [5.41, 5.74) is 3.53. The molecule has 24 heavy (non-hydrogen) atoms. The average Bonchev–Trinajstić information content (AvgIpc) is 2.57. The van der Waals surface area contributed by atoms with Crippen molar-refractivity contribution < 1.29 is 9.59 Å². The highest BCUT2D eigenvalue weighted by Crippen LogP contribution is 2.18. The van der Waals surface area contributed by atoms with Crippen LogP contribution in [0.15, 0.2) is 42.5 Å². The lowest BCUT2D eigenvalue weighted by atomic mass is 10.0. The smallest absolute Gasteiger partial charge is 0.255 e. The Morgan fingerprint density at radius 2 is 1.71 bits per heavy atom. The van der Waals surface area contributed by atoms with Crippen molar-refractivity contribution in [3.8, 4) is 0 Å². The number of anilines is 1. The van der Waals surface area contributed by atoms with E-state index in [1.54, 1.807) is 24.3 Å². The van der Waals surface area contributed by atoms with Gasteiger partial charge in [0.25, 0.3) is 11.8 Å². The summed E-state index contributed by atoms with van der Waals surface area (Å²) in [6.45, 7) is 7.81. The molecule has 0 aliphatic rings. The fraction of sp³-hybridized carbons (Fsp3) is 0.300. The van der Waals surface area contributed by atoms with E-state index >= 15 is 0 Å². The molecule has 4 nitrogen and oxygen atoms in total. The average molecular weight is 324 g/mol. The quantitative estimate of drug-likeness (QED) is 0.870. The molecule has 2 rings (SSSR count). The van der Waals surface area contributed by atoms with Gasteiger partial charge in [0, 0.05) is 11.6 Å². The van der Waals surface area contributed by atoms with Crippen molar-refractivity contribution in [3.63, 3.8) is 0 Å². The third kappa shape index (κ3) is 4.22. The molecule has 2 N–H and O–H groups in total. The van der Waals surface area contributed by atoms with E-state index in [1.165, 1.54) is 0 Å². The number of benzene rings is 2. The Morgan fingerprint density at radius 3 is 2.42 bits per heavy atom. The summed E-state index contributed by atoms with van der Waals surface area (Å²) in [5, 5.41) is 5.80. The molecule has 2 amide bonds. The van der Waals surface area contributed by atoms with E-state index in [0.29, 0.717) is 16.8 Å². The molecule has 0 spiro atoms. The molecule has 0 saturated heterocycles. The van der Waals surface area contributed by atoms with Gasteiger partial charge in [0.2, 0.25) is 0 Å². The molecular formula is C20H24N2O2. The van der Waals surface area contributed by atoms with Gasteiger partial charge in [-0.2, -0.15) is 0 Å². The van der Waals surface area contributed by atoms with Gasteiger partial charge in [-0.3, -0.25) is 9.59 Å². The molecule has 0 bridgehead atoms. The standard InChI is InChI=1S/C20H24N2O2/c1-5-15(4)21-19(23)16-8-6-7-9-18(16)22-20(24)17-12-13(2)10-11-14(17)3/h6-12,15H,5H2,1-4H3,(H,21,23)(H,22,24)/t15-/m1/s1. The maximum absolute atomic E-state index is 12.6. The Morgan fingerprint density at radius 1 is 1.00 bits per heavy atom. The van der Waals surface area contributed by atoms with Crippen molar-refractivity contribution >= 4 is 17.5 Å². The van der Waals surface area contributed by atoms with Gasteiger partial charge < -0.3 is 10.6 Å². The van der Waals surface area contributed by atoms with E-state index < -0.39 is 0 Å². The third-order valence-electron chi connectivity index (χ3n) is 4.05. The van der Waals surface area contributed by atoms with Crippen LogP contribution in [-0.4, -0.2) is 17.9 Å². The van der Waals surface area contributed by atoms with Gasteiger partial charge in [0.05, 0.1) is 11.3 Å². The van der Waals surface area contributed by atoms with Gasteiger partial charge in [-0.1, -0.05) is 36.8 Å². The van der Waals surface area contributed by atoms with E-state index in [1.807, 2.05) is 45.9 Å². The lowest BCUT2D eigenvalue weighted by molar-refractivity contribution is 0.0940. The Balaban J connectivity index is 2.25. The summed E-state index contributed by atoms with van der Waals surface area (Å²) in [6, 6.07) is 12.9. The van der Waals surface area contributed by atoms with Gasteiger partial charge >= 0.3 is 0 Å². The predicted octanol–water partition coefficient (Wildman–Crippen LogP) is 4.08. The minimum absolute atomic E-state index is 0.0836. The number of aryl methyl sites for hydroxylation is 2. The van der Waals surface area contributed by atoms with Crippen molar-refractivity contribution in [2.24, 2.45) is 0 Å². The summed E-state index contributed by atoms with van der Waals surface area (Å²) in [4.78, 5) is 25.0. The first-order valence-electron chi connectivity index (χ1n) is 8.21. The summed E-state index contributed by atoms with van der Waals surface area (Å²) in [6.07, 6.45) is 0.850. The van der Waals surface area contributed by atoms with Crippen LogP contribution in [0.25, 0.3) is 0 Å². The first kappa shape index (κ1) is 17.7. The van der Waals surface area contributed by atoms with Crippen LogP contribution in [0.5, 0.6) is 0 Å². The van der Waals surface area contributed by atoms with Gasteiger partial charge in [0.15, 0.2) is 0 Å². The number of rotatable bonds is 5. The first-order chi connectivity index (χ1) is 11.4. The van der Waals surface area contributed by atoms with Crippen LogP contribution in [0.3, 0.4) is 0 Å². The van der Waals surface area contributed by atoms with Gasteiger partial charge in [0.1, 0.15) is 0 Å². The molecule has 4 heteroatoms. The highest BCUT2D eigenvalue weighted by molar-refractivity contribution is 6.09. The number of hydrogen-bond donors (Lipinski definition) is 2. The van der Waals surface area contributed by atoms with Crippen LogP contribution in [0, 0.1) is 13.8 Å². The summed E-state index contributed by atoms with van der Waals surface area (Å²) < 4.78 is 0. The lowest BCUT2D eigenvalue weighted by Gasteiger charge is -2.15. The molecule has 2 aromatic rings. The fourth-order valence-electron chi connectivity index (χ4n) is 2.36. The minimum Gasteiger partial charge on any atom is -0.350 e. The second kappa shape index (κ2) is 7.77. The number of carbonyl (C=O) groups excluding carboxylic acids is 2. The van der Waals surface area contributed by atoms with Gasteiger partial charge in [-0.05, 0) is 51.0 Å². The van der Waals surface area contributed by atoms with Crippen molar-refractivity contribution in [1.82, 2.24) is 5.32 Å². The van der Waals surface area contributed by atoms with E-state index in [0.717, 1.165) is 17.5 Å². The number of carbonyl (C=O) groups is 2. The Hall–Kier alpha value is -2.62. The summed E-state index contributed by atoms with van der Waals surface area (Å²) >= 11 is 0. The van der Waals surface area contributed by atoms with Crippen LogP contribution in [0.4, 0.5) is 5.69 Å². The molecule has 0 aliphatic carbocycles. The molecule has 0 heterocycles. The largest absolute Gasteiger partial charge is 0.350 e. The normalized spacial score (nSPS) is 11.7. The zero-order chi connectivity index (χ0) is 17.7. The number of para-hydroxylation sites is 1. The maximum atomic E-state index is 12.6. The predicted molar refractivity (Wildman–Crippen MR) is 97.5 cm³/mol. The zero-order valence-electron chi connectivity index (χ0n) is 14.6. The van der Waals surface area contributed by atoms with Crippen LogP contribution in [0.1, 0.15) is 52.1 Å². The van der Waals surface area contributed by atoms with Crippen LogP contribution >= 0.6 is 0 Å². The van der Waals surface area contributed by atoms with Crippen LogP contribution in [-0.2, 0) is 0 Å². The number of nitrogens with one attached hydrogen (secondary N) is 2. The summed E-state index contributed by atoms with van der Waals surface area (Å²) in [5.74, 6) is -0.388. The van der Waals surface area contributed by atoms with Crippen molar-refractivity contribution in [3.05, 3.63) is 64.7 Å². The second-order valence-corrected chi connectivity index (χ2v) is 6.10. The SMILES string of the molecule is CC[C@@H](C)NC(=O)c1ccccc1NC(=O)c1cc(C)ccc1C. The third-order valence-corrected chi connectivity index (χ3v) is 4.05. The lowest BCUT2D eigenvalue weighted by Crippen LogP contribution is -2.32. The molecule has 0 saturated carbocycles. The maximum Gasteiger partial charge on any atom is 0.255 e. The monoisotopic (exact) mass is 324 g/mol. The highest BCUT2D eigenvalue weighted by Gasteiger charge is 2.16. The molecule has 2 aromatic carbocycles. The molecule has 0 aromatic heterocycles. The second-order valence-electron chi connectivity index (χ2n) is 6.10.